The minimum atomic E-state index is 0.777. The van der Waals surface area contributed by atoms with E-state index in [0.29, 0.717) is 0 Å². The molecule has 0 aliphatic rings. The Morgan fingerprint density at radius 2 is 1.54 bits per heavy atom. The lowest BCUT2D eigenvalue weighted by atomic mass is 10.0. The van der Waals surface area contributed by atoms with Crippen LogP contribution in [0, 0.1) is 0 Å². The van der Waals surface area contributed by atoms with Crippen LogP contribution in [0.2, 0.25) is 0 Å². The van der Waals surface area contributed by atoms with Gasteiger partial charge in [-0.25, -0.2) is 4.98 Å². The van der Waals surface area contributed by atoms with Gasteiger partial charge in [-0.05, 0) is 24.3 Å². The molecule has 0 unspecified atom stereocenters. The maximum absolute atomic E-state index is 4.62. The maximum Gasteiger partial charge on any atom is 0.204 e. The number of benzene rings is 2. The van der Waals surface area contributed by atoms with Gasteiger partial charge in [0.05, 0.1) is 15.9 Å². The van der Waals surface area contributed by atoms with Crippen molar-refractivity contribution in [3.05, 3.63) is 90.3 Å². The number of hydrogen-bond acceptors (Lipinski definition) is 5. The number of pyridine rings is 1. The number of nitrogens with one attached hydrogen (secondary N) is 1. The van der Waals surface area contributed by atoms with Gasteiger partial charge in [0.1, 0.15) is 0 Å². The number of fused-ring (bicyclic) bond motifs is 1. The number of thiazole rings is 1. The van der Waals surface area contributed by atoms with E-state index in [2.05, 4.69) is 26.6 Å². The number of nitrogens with zero attached hydrogens (tertiary/aromatic N) is 3. The molecule has 24 heavy (non-hydrogen) atoms. The smallest absolute Gasteiger partial charge is 0.204 e. The predicted molar refractivity (Wildman–Crippen MR) is 99.6 cm³/mol. The lowest BCUT2D eigenvalue weighted by Crippen LogP contribution is -2.06. The molecule has 2 heterocycles. The highest BCUT2D eigenvalue weighted by Crippen LogP contribution is 2.25. The SMILES string of the molecule is c1ccc(/C(=N/Nc2nc3ccccc3s2)c2ccncc2)cc1. The molecular weight excluding hydrogens is 316 g/mol. The van der Waals surface area contributed by atoms with Crippen LogP contribution in [0.3, 0.4) is 0 Å². The molecule has 0 fully saturated rings. The number of rotatable bonds is 4. The van der Waals surface area contributed by atoms with Gasteiger partial charge in [-0.1, -0.05) is 53.8 Å². The van der Waals surface area contributed by atoms with Crippen molar-refractivity contribution in [3.8, 4) is 0 Å². The molecule has 2 aromatic heterocycles. The number of hydrazone groups is 1. The number of hydrogen-bond donors (Lipinski definition) is 1. The molecule has 116 valence electrons. The van der Waals surface area contributed by atoms with Crippen LogP contribution in [0.4, 0.5) is 5.13 Å². The standard InChI is InChI=1S/C19H14N4S/c1-2-6-14(7-3-1)18(15-10-12-20-13-11-15)22-23-19-21-16-8-4-5-9-17(16)24-19/h1-13H,(H,21,23)/b22-18-. The van der Waals surface area contributed by atoms with Gasteiger partial charge < -0.3 is 0 Å². The molecule has 0 bridgehead atoms. The van der Waals surface area contributed by atoms with Crippen LogP contribution < -0.4 is 5.43 Å². The second-order valence-corrected chi connectivity index (χ2v) is 6.19. The first-order valence-corrected chi connectivity index (χ1v) is 8.37. The summed E-state index contributed by atoms with van der Waals surface area (Å²) < 4.78 is 1.14. The minimum Gasteiger partial charge on any atom is -0.265 e. The van der Waals surface area contributed by atoms with E-state index in [9.17, 15) is 0 Å². The van der Waals surface area contributed by atoms with E-state index in [1.807, 2.05) is 60.7 Å². The van der Waals surface area contributed by atoms with E-state index in [1.165, 1.54) is 0 Å². The van der Waals surface area contributed by atoms with Crippen LogP contribution in [-0.2, 0) is 0 Å². The Bertz CT molecular complexity index is 903. The Morgan fingerprint density at radius 3 is 2.33 bits per heavy atom. The first-order chi connectivity index (χ1) is 11.9. The van der Waals surface area contributed by atoms with E-state index in [1.54, 1.807) is 23.7 Å². The molecule has 5 heteroatoms. The van der Waals surface area contributed by atoms with Crippen LogP contribution in [-0.4, -0.2) is 15.7 Å². The zero-order valence-electron chi connectivity index (χ0n) is 12.8. The largest absolute Gasteiger partial charge is 0.265 e. The van der Waals surface area contributed by atoms with Crippen molar-refractivity contribution in [2.75, 3.05) is 5.43 Å². The van der Waals surface area contributed by atoms with Gasteiger partial charge in [0.2, 0.25) is 5.13 Å². The molecule has 2 aromatic carbocycles. The van der Waals surface area contributed by atoms with Crippen molar-refractivity contribution in [2.45, 2.75) is 0 Å². The fourth-order valence-corrected chi connectivity index (χ4v) is 3.23. The molecule has 1 N–H and O–H groups in total. The van der Waals surface area contributed by atoms with Gasteiger partial charge in [-0.15, -0.1) is 0 Å². The van der Waals surface area contributed by atoms with Crippen molar-refractivity contribution in [1.29, 1.82) is 0 Å². The Labute approximate surface area is 143 Å². The van der Waals surface area contributed by atoms with E-state index in [4.69, 9.17) is 0 Å². The van der Waals surface area contributed by atoms with E-state index >= 15 is 0 Å². The van der Waals surface area contributed by atoms with Gasteiger partial charge >= 0.3 is 0 Å². The monoisotopic (exact) mass is 330 g/mol. The third kappa shape index (κ3) is 3.02. The van der Waals surface area contributed by atoms with Crippen LogP contribution in [0.1, 0.15) is 11.1 Å². The lowest BCUT2D eigenvalue weighted by molar-refractivity contribution is 1.28. The molecule has 0 amide bonds. The molecule has 0 aliphatic carbocycles. The van der Waals surface area contributed by atoms with Crippen molar-refractivity contribution < 1.29 is 0 Å². The third-order valence-electron chi connectivity index (χ3n) is 3.56. The quantitative estimate of drug-likeness (QED) is 0.441. The fraction of sp³-hybridized carbons (Fsp3) is 0. The average molecular weight is 330 g/mol. The maximum atomic E-state index is 4.62. The van der Waals surface area contributed by atoms with Crippen molar-refractivity contribution in [1.82, 2.24) is 9.97 Å². The molecule has 0 saturated carbocycles. The van der Waals surface area contributed by atoms with Gasteiger partial charge in [0, 0.05) is 23.5 Å². The van der Waals surface area contributed by atoms with E-state index in [0.717, 1.165) is 32.2 Å². The minimum absolute atomic E-state index is 0.777. The molecule has 4 nitrogen and oxygen atoms in total. The Balaban J connectivity index is 1.71. The summed E-state index contributed by atoms with van der Waals surface area (Å²) in [7, 11) is 0. The zero-order chi connectivity index (χ0) is 16.2. The summed E-state index contributed by atoms with van der Waals surface area (Å²) in [5.74, 6) is 0. The summed E-state index contributed by atoms with van der Waals surface area (Å²) in [6, 6.07) is 22.0. The second-order valence-electron chi connectivity index (χ2n) is 5.16. The molecule has 0 aliphatic heterocycles. The summed E-state index contributed by atoms with van der Waals surface area (Å²) in [5, 5.41) is 5.39. The van der Waals surface area contributed by atoms with Gasteiger partial charge in [-0.2, -0.15) is 5.10 Å². The van der Waals surface area contributed by atoms with Crippen molar-refractivity contribution >= 4 is 32.4 Å². The molecule has 0 saturated heterocycles. The van der Waals surface area contributed by atoms with Gasteiger partial charge in [0.25, 0.3) is 0 Å². The number of anilines is 1. The topological polar surface area (TPSA) is 50.2 Å². The van der Waals surface area contributed by atoms with Gasteiger partial charge in [0.15, 0.2) is 0 Å². The second kappa shape index (κ2) is 6.60. The highest BCUT2D eigenvalue weighted by Gasteiger charge is 2.08. The molecule has 0 spiro atoms. The number of para-hydroxylation sites is 1. The molecule has 0 atom stereocenters. The number of aromatic nitrogens is 2. The molecule has 4 aromatic rings. The summed E-state index contributed by atoms with van der Waals surface area (Å²) in [5.41, 5.74) is 6.99. The Morgan fingerprint density at radius 1 is 0.833 bits per heavy atom. The summed E-state index contributed by atoms with van der Waals surface area (Å²) in [6.07, 6.45) is 3.54. The highest BCUT2D eigenvalue weighted by atomic mass is 32.1. The van der Waals surface area contributed by atoms with E-state index < -0.39 is 0 Å². The fourth-order valence-electron chi connectivity index (χ4n) is 2.43. The summed E-state index contributed by atoms with van der Waals surface area (Å²) in [4.78, 5) is 8.64. The van der Waals surface area contributed by atoms with Crippen LogP contribution >= 0.6 is 11.3 Å². The molecule has 0 radical (unpaired) electrons. The van der Waals surface area contributed by atoms with Crippen molar-refractivity contribution in [3.63, 3.8) is 0 Å². The van der Waals surface area contributed by atoms with E-state index in [-0.39, 0.29) is 0 Å². The van der Waals surface area contributed by atoms with Crippen molar-refractivity contribution in [2.24, 2.45) is 5.10 Å². The Hall–Kier alpha value is -3.05. The van der Waals surface area contributed by atoms with Crippen LogP contribution in [0.25, 0.3) is 10.2 Å². The molecule has 4 rings (SSSR count). The third-order valence-corrected chi connectivity index (χ3v) is 4.50. The summed E-state index contributed by atoms with van der Waals surface area (Å²) >= 11 is 1.59. The lowest BCUT2D eigenvalue weighted by Gasteiger charge is -2.07. The first kappa shape index (κ1) is 14.5. The predicted octanol–water partition coefficient (Wildman–Crippen LogP) is 4.56. The highest BCUT2D eigenvalue weighted by molar-refractivity contribution is 7.22. The average Bonchev–Trinajstić information content (AvgIpc) is 3.07. The van der Waals surface area contributed by atoms with Crippen LogP contribution in [0.5, 0.6) is 0 Å². The van der Waals surface area contributed by atoms with Gasteiger partial charge in [-0.3, -0.25) is 10.4 Å². The normalized spacial score (nSPS) is 11.6. The Kier molecular flexibility index (Phi) is 4.00. The first-order valence-electron chi connectivity index (χ1n) is 7.55. The summed E-state index contributed by atoms with van der Waals surface area (Å²) in [6.45, 7) is 0. The molecular formula is C19H14N4S. The zero-order valence-corrected chi connectivity index (χ0v) is 13.6. The van der Waals surface area contributed by atoms with Crippen LogP contribution in [0.15, 0.2) is 84.2 Å².